The second-order valence-corrected chi connectivity index (χ2v) is 4.67. The molecule has 3 N–H and O–H groups in total. The van der Waals surface area contributed by atoms with Gasteiger partial charge in [-0.25, -0.2) is 0 Å². The maximum absolute atomic E-state index is 12.2. The summed E-state index contributed by atoms with van der Waals surface area (Å²) in [5.74, 6) is -0.241. The number of nitrogens with zero attached hydrogens (tertiary/aromatic N) is 1. The molecule has 0 spiro atoms. The molecule has 0 unspecified atom stereocenters. The largest absolute Gasteiger partial charge is 0.398 e. The zero-order valence-corrected chi connectivity index (χ0v) is 11.4. The second-order valence-electron chi connectivity index (χ2n) is 4.67. The minimum atomic E-state index is -0.241. The number of carbonyl (C=O) groups is 1. The molecule has 0 fully saturated rings. The number of benzene rings is 2. The quantitative estimate of drug-likeness (QED) is 0.819. The van der Waals surface area contributed by atoms with E-state index >= 15 is 0 Å². The van der Waals surface area contributed by atoms with E-state index in [-0.39, 0.29) is 5.91 Å². The van der Waals surface area contributed by atoms with Crippen molar-refractivity contribution in [2.75, 3.05) is 11.1 Å². The van der Waals surface area contributed by atoms with E-state index in [1.165, 1.54) is 0 Å². The van der Waals surface area contributed by atoms with Gasteiger partial charge in [-0.15, -0.1) is 0 Å². The number of hydrogen-bond donors (Lipinski definition) is 2. The molecule has 0 saturated heterocycles. The van der Waals surface area contributed by atoms with Crippen LogP contribution >= 0.6 is 0 Å². The summed E-state index contributed by atoms with van der Waals surface area (Å²) < 4.78 is 0. The van der Waals surface area contributed by atoms with Gasteiger partial charge in [0.05, 0.1) is 11.6 Å². The lowest BCUT2D eigenvalue weighted by Crippen LogP contribution is -2.13. The Labute approximate surface area is 117 Å². The summed E-state index contributed by atoms with van der Waals surface area (Å²) in [6.45, 7) is 3.76. The molecule has 0 bridgehead atoms. The molecule has 2 aromatic carbocycles. The average Bonchev–Trinajstić information content (AvgIpc) is 2.44. The number of nitrogen functional groups attached to an aromatic ring is 1. The second kappa shape index (κ2) is 5.45. The fraction of sp³-hybridized carbons (Fsp3) is 0.125. The number of amides is 1. The lowest BCUT2D eigenvalue weighted by Gasteiger charge is -2.10. The van der Waals surface area contributed by atoms with Crippen molar-refractivity contribution in [1.82, 2.24) is 0 Å². The predicted octanol–water partition coefficient (Wildman–Crippen LogP) is 3.01. The fourth-order valence-corrected chi connectivity index (χ4v) is 1.80. The molecule has 0 aliphatic rings. The van der Waals surface area contributed by atoms with Gasteiger partial charge in [0, 0.05) is 16.9 Å². The van der Waals surface area contributed by atoms with Crippen molar-refractivity contribution in [3.05, 3.63) is 58.7 Å². The van der Waals surface area contributed by atoms with Crippen molar-refractivity contribution >= 4 is 17.3 Å². The van der Waals surface area contributed by atoms with E-state index in [0.29, 0.717) is 22.5 Å². The molecule has 0 aliphatic carbocycles. The topological polar surface area (TPSA) is 78.9 Å². The number of nitrogens with one attached hydrogen (secondary N) is 1. The van der Waals surface area contributed by atoms with E-state index in [4.69, 9.17) is 11.0 Å². The summed E-state index contributed by atoms with van der Waals surface area (Å²) >= 11 is 0. The third-order valence-electron chi connectivity index (χ3n) is 3.16. The van der Waals surface area contributed by atoms with Crippen molar-refractivity contribution in [3.8, 4) is 6.07 Å². The van der Waals surface area contributed by atoms with Gasteiger partial charge in [-0.2, -0.15) is 5.26 Å². The summed E-state index contributed by atoms with van der Waals surface area (Å²) in [5, 5.41) is 11.7. The molecule has 2 aromatic rings. The molecule has 4 nitrogen and oxygen atoms in total. The smallest absolute Gasteiger partial charge is 0.255 e. The van der Waals surface area contributed by atoms with Gasteiger partial charge in [0.1, 0.15) is 0 Å². The van der Waals surface area contributed by atoms with Crippen LogP contribution in [0.1, 0.15) is 27.0 Å². The number of aryl methyl sites for hydroxylation is 2. The highest BCUT2D eigenvalue weighted by Gasteiger charge is 2.09. The normalized spacial score (nSPS) is 9.85. The first-order valence-corrected chi connectivity index (χ1v) is 6.19. The summed E-state index contributed by atoms with van der Waals surface area (Å²) in [6, 6.07) is 12.4. The van der Waals surface area contributed by atoms with Crippen LogP contribution in [0.2, 0.25) is 0 Å². The zero-order valence-electron chi connectivity index (χ0n) is 11.4. The maximum Gasteiger partial charge on any atom is 0.255 e. The monoisotopic (exact) mass is 265 g/mol. The Bertz CT molecular complexity index is 714. The van der Waals surface area contributed by atoms with E-state index in [2.05, 4.69) is 11.4 Å². The van der Waals surface area contributed by atoms with Crippen molar-refractivity contribution in [1.29, 1.82) is 5.26 Å². The Morgan fingerprint density at radius 1 is 1.15 bits per heavy atom. The highest BCUT2D eigenvalue weighted by molar-refractivity contribution is 6.05. The molecule has 2 rings (SSSR count). The molecular formula is C16H15N3O. The Kier molecular flexibility index (Phi) is 3.72. The highest BCUT2D eigenvalue weighted by atomic mass is 16.1. The predicted molar refractivity (Wildman–Crippen MR) is 79.4 cm³/mol. The SMILES string of the molecule is Cc1ccc(C(=O)Nc2cc(C#N)ccc2C)cc1N. The van der Waals surface area contributed by atoms with Crippen LogP contribution in [-0.2, 0) is 0 Å². The Hall–Kier alpha value is -2.80. The van der Waals surface area contributed by atoms with Crippen molar-refractivity contribution in [2.45, 2.75) is 13.8 Å². The van der Waals surface area contributed by atoms with E-state index in [9.17, 15) is 4.79 Å². The van der Waals surface area contributed by atoms with Gasteiger partial charge in [0.15, 0.2) is 0 Å². The van der Waals surface area contributed by atoms with Gasteiger partial charge < -0.3 is 11.1 Å². The Morgan fingerprint density at radius 2 is 1.85 bits per heavy atom. The third kappa shape index (κ3) is 2.78. The van der Waals surface area contributed by atoms with Crippen LogP contribution in [0.15, 0.2) is 36.4 Å². The molecule has 0 radical (unpaired) electrons. The van der Waals surface area contributed by atoms with Crippen molar-refractivity contribution < 1.29 is 4.79 Å². The van der Waals surface area contributed by atoms with Gasteiger partial charge >= 0.3 is 0 Å². The van der Waals surface area contributed by atoms with Crippen LogP contribution in [-0.4, -0.2) is 5.91 Å². The van der Waals surface area contributed by atoms with Crippen LogP contribution in [0.3, 0.4) is 0 Å². The number of nitriles is 1. The first-order valence-electron chi connectivity index (χ1n) is 6.19. The van der Waals surface area contributed by atoms with Gasteiger partial charge in [-0.3, -0.25) is 4.79 Å². The molecule has 0 atom stereocenters. The molecule has 4 heteroatoms. The van der Waals surface area contributed by atoms with E-state index in [1.54, 1.807) is 30.3 Å². The summed E-state index contributed by atoms with van der Waals surface area (Å²) in [4.78, 5) is 12.2. The molecule has 0 heterocycles. The molecule has 0 saturated carbocycles. The van der Waals surface area contributed by atoms with E-state index in [0.717, 1.165) is 11.1 Å². The van der Waals surface area contributed by atoms with Gasteiger partial charge in [0.25, 0.3) is 5.91 Å². The average molecular weight is 265 g/mol. The van der Waals surface area contributed by atoms with Crippen LogP contribution in [0.25, 0.3) is 0 Å². The van der Waals surface area contributed by atoms with Crippen molar-refractivity contribution in [2.24, 2.45) is 0 Å². The Balaban J connectivity index is 2.28. The maximum atomic E-state index is 12.2. The minimum absolute atomic E-state index is 0.241. The number of nitrogens with two attached hydrogens (primary N) is 1. The van der Waals surface area contributed by atoms with Crippen LogP contribution in [0.4, 0.5) is 11.4 Å². The number of carbonyl (C=O) groups excluding carboxylic acids is 1. The van der Waals surface area contributed by atoms with E-state index in [1.807, 2.05) is 19.9 Å². The lowest BCUT2D eigenvalue weighted by molar-refractivity contribution is 0.102. The molecule has 20 heavy (non-hydrogen) atoms. The molecule has 0 aliphatic heterocycles. The molecule has 0 aromatic heterocycles. The first kappa shape index (κ1) is 13.6. The summed E-state index contributed by atoms with van der Waals surface area (Å²) in [6.07, 6.45) is 0. The van der Waals surface area contributed by atoms with E-state index < -0.39 is 0 Å². The van der Waals surface area contributed by atoms with Crippen LogP contribution in [0.5, 0.6) is 0 Å². The zero-order chi connectivity index (χ0) is 14.7. The fourth-order valence-electron chi connectivity index (χ4n) is 1.80. The van der Waals surface area contributed by atoms with Gasteiger partial charge in [-0.1, -0.05) is 12.1 Å². The number of rotatable bonds is 2. The highest BCUT2D eigenvalue weighted by Crippen LogP contribution is 2.19. The van der Waals surface area contributed by atoms with Crippen molar-refractivity contribution in [3.63, 3.8) is 0 Å². The van der Waals surface area contributed by atoms with Gasteiger partial charge in [-0.05, 0) is 49.2 Å². The summed E-state index contributed by atoms with van der Waals surface area (Å²) in [7, 11) is 0. The molecular weight excluding hydrogens is 250 g/mol. The first-order chi connectivity index (χ1) is 9.51. The standard InChI is InChI=1S/C16H15N3O/c1-10-4-6-13(8-14(10)18)16(20)19-15-7-12(9-17)5-3-11(15)2/h3-8H,18H2,1-2H3,(H,19,20). The Morgan fingerprint density at radius 3 is 2.50 bits per heavy atom. The minimum Gasteiger partial charge on any atom is -0.398 e. The van der Waals surface area contributed by atoms with Crippen LogP contribution < -0.4 is 11.1 Å². The summed E-state index contributed by atoms with van der Waals surface area (Å²) in [5.41, 5.74) is 9.86. The number of hydrogen-bond acceptors (Lipinski definition) is 3. The molecule has 1 amide bonds. The number of anilines is 2. The lowest BCUT2D eigenvalue weighted by atomic mass is 10.1. The van der Waals surface area contributed by atoms with Gasteiger partial charge in [0.2, 0.25) is 0 Å². The molecule has 100 valence electrons. The van der Waals surface area contributed by atoms with Crippen LogP contribution in [0, 0.1) is 25.2 Å². The third-order valence-corrected chi connectivity index (χ3v) is 3.16.